The zero-order chi connectivity index (χ0) is 8.23. The maximum atomic E-state index is 3.38. The molecule has 1 N–H and O–H groups in total. The lowest BCUT2D eigenvalue weighted by molar-refractivity contribution is 1.40. The highest BCUT2D eigenvalue weighted by atomic mass is 32.2. The van der Waals surface area contributed by atoms with Crippen molar-refractivity contribution in [2.45, 2.75) is 0 Å². The predicted molar refractivity (Wildman–Crippen MR) is 55.5 cm³/mol. The Morgan fingerprint density at radius 2 is 2.00 bits per heavy atom. The highest BCUT2D eigenvalue weighted by Gasteiger charge is 2.03. The van der Waals surface area contributed by atoms with Gasteiger partial charge in [-0.05, 0) is 12.1 Å². The molecule has 0 radical (unpaired) electrons. The van der Waals surface area contributed by atoms with Gasteiger partial charge in [0, 0.05) is 22.9 Å². The van der Waals surface area contributed by atoms with E-state index in [0.717, 1.165) is 11.5 Å². The number of para-hydroxylation sites is 1. The quantitative estimate of drug-likeness (QED) is 0.745. The van der Waals surface area contributed by atoms with E-state index in [0.29, 0.717) is 0 Å². The summed E-state index contributed by atoms with van der Waals surface area (Å²) >= 11 is 1.95. The van der Waals surface area contributed by atoms with Gasteiger partial charge in [0.25, 0.3) is 0 Å². The molecule has 1 aliphatic rings. The first-order valence-corrected chi connectivity index (χ1v) is 5.19. The molecule has 0 fully saturated rings. The van der Waals surface area contributed by atoms with E-state index < -0.39 is 0 Å². The normalized spacial score (nSPS) is 15.8. The minimum Gasteiger partial charge on any atom is -0.358 e. The lowest BCUT2D eigenvalue weighted by Crippen LogP contribution is -1.98. The Balaban J connectivity index is 2.04. The summed E-state index contributed by atoms with van der Waals surface area (Å²) in [5.74, 6) is 2.27. The average Bonchev–Trinajstić information content (AvgIpc) is 2.59. The van der Waals surface area contributed by atoms with Crippen molar-refractivity contribution >= 4 is 17.4 Å². The number of hydrogen-bond donors (Lipinski definition) is 1. The fraction of sp³-hybridized carbons (Fsp3) is 0.200. The van der Waals surface area contributed by atoms with Crippen LogP contribution >= 0.6 is 11.8 Å². The number of hydrogen-bond acceptors (Lipinski definition) is 2. The molecule has 0 unspecified atom stereocenters. The topological polar surface area (TPSA) is 12.0 Å². The second kappa shape index (κ2) is 3.68. The van der Waals surface area contributed by atoms with Crippen LogP contribution in [0.1, 0.15) is 0 Å². The van der Waals surface area contributed by atoms with E-state index in [1.807, 2.05) is 30.0 Å². The molecule has 1 aliphatic heterocycles. The van der Waals surface area contributed by atoms with Gasteiger partial charge in [0.15, 0.2) is 0 Å². The van der Waals surface area contributed by atoms with Crippen LogP contribution < -0.4 is 5.32 Å². The monoisotopic (exact) mass is 177 g/mol. The smallest absolute Gasteiger partial charge is 0.0381 e. The third kappa shape index (κ3) is 1.83. The van der Waals surface area contributed by atoms with Gasteiger partial charge in [-0.1, -0.05) is 24.3 Å². The van der Waals surface area contributed by atoms with Crippen molar-refractivity contribution in [2.75, 3.05) is 16.8 Å². The van der Waals surface area contributed by atoms with Crippen molar-refractivity contribution in [3.63, 3.8) is 0 Å². The molecule has 1 nitrogen and oxygen atoms in total. The highest BCUT2D eigenvalue weighted by molar-refractivity contribution is 7.99. The van der Waals surface area contributed by atoms with Crippen LogP contribution in [0.4, 0.5) is 5.69 Å². The summed E-state index contributed by atoms with van der Waals surface area (Å²) in [5.41, 5.74) is 2.53. The molecule has 0 bridgehead atoms. The number of nitrogens with one attached hydrogen (secondary N) is 1. The fourth-order valence-electron chi connectivity index (χ4n) is 1.18. The lowest BCUT2D eigenvalue weighted by atomic mass is 10.3. The van der Waals surface area contributed by atoms with Gasteiger partial charge in [-0.25, -0.2) is 0 Å². The third-order valence-electron chi connectivity index (χ3n) is 1.78. The van der Waals surface area contributed by atoms with Crippen molar-refractivity contribution in [1.29, 1.82) is 0 Å². The van der Waals surface area contributed by atoms with Crippen molar-refractivity contribution in [3.05, 3.63) is 42.1 Å². The highest BCUT2D eigenvalue weighted by Crippen LogP contribution is 2.19. The number of thioether (sulfide) groups is 1. The molecule has 0 amide bonds. The zero-order valence-corrected chi connectivity index (χ0v) is 7.60. The summed E-state index contributed by atoms with van der Waals surface area (Å²) in [6.45, 7) is 0. The first-order chi connectivity index (χ1) is 5.95. The molecular weight excluding hydrogens is 166 g/mol. The van der Waals surface area contributed by atoms with Crippen LogP contribution in [0.25, 0.3) is 0 Å². The third-order valence-corrected chi connectivity index (χ3v) is 2.70. The molecule has 1 aromatic rings. The van der Waals surface area contributed by atoms with Gasteiger partial charge < -0.3 is 5.32 Å². The molecule has 0 aliphatic carbocycles. The van der Waals surface area contributed by atoms with Gasteiger partial charge >= 0.3 is 0 Å². The summed E-state index contributed by atoms with van der Waals surface area (Å²) in [6.07, 6.45) is 2.25. The van der Waals surface area contributed by atoms with Gasteiger partial charge in [0.1, 0.15) is 0 Å². The van der Waals surface area contributed by atoms with Crippen LogP contribution in [0.3, 0.4) is 0 Å². The molecular formula is C10H11NS. The Bertz CT molecular complexity index is 279. The van der Waals surface area contributed by atoms with E-state index in [-0.39, 0.29) is 0 Å². The maximum Gasteiger partial charge on any atom is 0.0381 e. The van der Waals surface area contributed by atoms with Crippen molar-refractivity contribution in [1.82, 2.24) is 0 Å². The second-order valence-electron chi connectivity index (χ2n) is 2.74. The first kappa shape index (κ1) is 7.74. The SMILES string of the molecule is C1=C(Nc2ccccc2)CSC1. The van der Waals surface area contributed by atoms with Crippen LogP contribution in [-0.4, -0.2) is 11.5 Å². The first-order valence-electron chi connectivity index (χ1n) is 4.04. The maximum absolute atomic E-state index is 3.38. The molecule has 0 saturated heterocycles. The van der Waals surface area contributed by atoms with Crippen molar-refractivity contribution < 1.29 is 0 Å². The van der Waals surface area contributed by atoms with Gasteiger partial charge in [0.2, 0.25) is 0 Å². The standard InChI is InChI=1S/C10H11NS/c1-2-4-9(5-3-1)11-10-6-7-12-8-10/h1-6,11H,7-8H2. The number of benzene rings is 1. The second-order valence-corrected chi connectivity index (χ2v) is 3.77. The molecule has 1 aromatic carbocycles. The van der Waals surface area contributed by atoms with E-state index >= 15 is 0 Å². The van der Waals surface area contributed by atoms with E-state index in [1.165, 1.54) is 11.4 Å². The van der Waals surface area contributed by atoms with Crippen molar-refractivity contribution in [2.24, 2.45) is 0 Å². The minimum atomic E-state index is 1.12. The Morgan fingerprint density at radius 1 is 1.17 bits per heavy atom. The van der Waals surface area contributed by atoms with E-state index in [9.17, 15) is 0 Å². The Morgan fingerprint density at radius 3 is 2.67 bits per heavy atom. The van der Waals surface area contributed by atoms with Crippen LogP contribution in [0.15, 0.2) is 42.1 Å². The Hall–Kier alpha value is -0.890. The van der Waals surface area contributed by atoms with E-state index in [2.05, 4.69) is 23.5 Å². The van der Waals surface area contributed by atoms with Gasteiger partial charge in [0.05, 0.1) is 0 Å². The molecule has 0 aromatic heterocycles. The van der Waals surface area contributed by atoms with E-state index in [4.69, 9.17) is 0 Å². The van der Waals surface area contributed by atoms with Gasteiger partial charge in [-0.2, -0.15) is 11.8 Å². The average molecular weight is 177 g/mol. The lowest BCUT2D eigenvalue weighted by Gasteiger charge is -2.05. The Kier molecular flexibility index (Phi) is 2.37. The van der Waals surface area contributed by atoms with Gasteiger partial charge in [-0.3, -0.25) is 0 Å². The van der Waals surface area contributed by atoms with E-state index in [1.54, 1.807) is 0 Å². The largest absolute Gasteiger partial charge is 0.358 e. The fourth-order valence-corrected chi connectivity index (χ4v) is 2.03. The molecule has 2 heteroatoms. The minimum absolute atomic E-state index is 1.12. The molecule has 62 valence electrons. The number of anilines is 1. The molecule has 12 heavy (non-hydrogen) atoms. The summed E-state index contributed by atoms with van der Waals surface area (Å²) < 4.78 is 0. The zero-order valence-electron chi connectivity index (χ0n) is 6.79. The summed E-state index contributed by atoms with van der Waals surface area (Å²) in [4.78, 5) is 0. The van der Waals surface area contributed by atoms with Crippen LogP contribution in [0.5, 0.6) is 0 Å². The number of rotatable bonds is 2. The summed E-state index contributed by atoms with van der Waals surface area (Å²) in [6, 6.07) is 10.3. The summed E-state index contributed by atoms with van der Waals surface area (Å²) in [7, 11) is 0. The van der Waals surface area contributed by atoms with Crippen LogP contribution in [0, 0.1) is 0 Å². The molecule has 0 saturated carbocycles. The van der Waals surface area contributed by atoms with Crippen molar-refractivity contribution in [3.8, 4) is 0 Å². The summed E-state index contributed by atoms with van der Waals surface area (Å²) in [5, 5.41) is 3.38. The van der Waals surface area contributed by atoms with Crippen LogP contribution in [0.2, 0.25) is 0 Å². The molecule has 0 atom stereocenters. The predicted octanol–water partition coefficient (Wildman–Crippen LogP) is 2.73. The molecule has 2 rings (SSSR count). The van der Waals surface area contributed by atoms with Gasteiger partial charge in [-0.15, -0.1) is 0 Å². The molecule has 0 spiro atoms. The Labute approximate surface area is 76.9 Å². The molecule has 1 heterocycles. The van der Waals surface area contributed by atoms with Crippen LogP contribution in [-0.2, 0) is 0 Å².